The van der Waals surface area contributed by atoms with Crippen LogP contribution in [0.4, 0.5) is 39.5 Å². The van der Waals surface area contributed by atoms with Gasteiger partial charge >= 0.3 is 18.2 Å². The highest BCUT2D eigenvalue weighted by molar-refractivity contribution is 5.37. The summed E-state index contributed by atoms with van der Waals surface area (Å²) in [6.45, 7) is -0.984. The van der Waals surface area contributed by atoms with Gasteiger partial charge < -0.3 is 4.74 Å². The number of carbonyl (C=O) groups excluding carboxylic acids is 1. The molecule has 0 aromatic carbocycles. The van der Waals surface area contributed by atoms with Gasteiger partial charge in [0.05, 0.1) is 0 Å². The van der Waals surface area contributed by atoms with E-state index in [0.717, 1.165) is 0 Å². The van der Waals surface area contributed by atoms with Crippen molar-refractivity contribution in [1.82, 2.24) is 0 Å². The van der Waals surface area contributed by atoms with Crippen LogP contribution in [0, 0.1) is 0 Å². The number of hydrogen-bond acceptors (Lipinski definition) is 2. The summed E-state index contributed by atoms with van der Waals surface area (Å²) >= 11 is 0. The average molecular weight is 292 g/mol. The fourth-order valence-corrected chi connectivity index (χ4v) is 0.797. The van der Waals surface area contributed by atoms with Crippen LogP contribution in [-0.2, 0) is 9.53 Å². The van der Waals surface area contributed by atoms with E-state index in [1.807, 2.05) is 0 Å². The minimum absolute atomic E-state index is 0.984. The lowest BCUT2D eigenvalue weighted by Gasteiger charge is -2.31. The molecule has 0 saturated heterocycles. The quantitative estimate of drug-likeness (QED) is 0.532. The SMILES string of the molecule is O=COC(F)C(F)(F)C(F)(F)C(F)C(F)C(F)F. The summed E-state index contributed by atoms with van der Waals surface area (Å²) in [7, 11) is 0. The highest BCUT2D eigenvalue weighted by Crippen LogP contribution is 2.44. The van der Waals surface area contributed by atoms with Gasteiger partial charge in [-0.15, -0.1) is 0 Å². The number of rotatable bonds is 7. The molecule has 2 nitrogen and oxygen atoms in total. The molecular weight excluding hydrogens is 287 g/mol. The third kappa shape index (κ3) is 2.99. The number of alkyl halides is 9. The van der Waals surface area contributed by atoms with E-state index >= 15 is 0 Å². The Morgan fingerprint density at radius 2 is 1.33 bits per heavy atom. The summed E-state index contributed by atoms with van der Waals surface area (Å²) < 4.78 is 114. The van der Waals surface area contributed by atoms with Crippen molar-refractivity contribution in [3.8, 4) is 0 Å². The smallest absolute Gasteiger partial charge is 0.378 e. The zero-order valence-corrected chi connectivity index (χ0v) is 8.10. The normalized spacial score (nSPS) is 18.3. The first-order chi connectivity index (χ1) is 8.00. The number of hydrogen-bond donors (Lipinski definition) is 0. The van der Waals surface area contributed by atoms with Crippen LogP contribution in [0.2, 0.25) is 0 Å². The molecule has 0 aliphatic rings. The molecule has 0 aliphatic heterocycles. The van der Waals surface area contributed by atoms with Crippen LogP contribution in [0.1, 0.15) is 0 Å². The van der Waals surface area contributed by atoms with Crippen molar-refractivity contribution in [1.29, 1.82) is 0 Å². The summed E-state index contributed by atoms with van der Waals surface area (Å²) in [4.78, 5) is 9.47. The van der Waals surface area contributed by atoms with Crippen LogP contribution in [0.15, 0.2) is 0 Å². The first-order valence-electron chi connectivity index (χ1n) is 4.05. The van der Waals surface area contributed by atoms with Gasteiger partial charge in [0.1, 0.15) is 0 Å². The Hall–Kier alpha value is -1.16. The molecular formula is C7H5F9O2. The van der Waals surface area contributed by atoms with Crippen LogP contribution in [0.25, 0.3) is 0 Å². The van der Waals surface area contributed by atoms with Crippen molar-refractivity contribution in [2.24, 2.45) is 0 Å². The Balaban J connectivity index is 5.15. The van der Waals surface area contributed by atoms with Crippen molar-refractivity contribution in [2.75, 3.05) is 0 Å². The van der Waals surface area contributed by atoms with Crippen LogP contribution >= 0.6 is 0 Å². The first-order valence-corrected chi connectivity index (χ1v) is 4.05. The second-order valence-corrected chi connectivity index (χ2v) is 2.97. The van der Waals surface area contributed by atoms with Crippen LogP contribution < -0.4 is 0 Å². The first kappa shape index (κ1) is 16.8. The third-order valence-electron chi connectivity index (χ3n) is 1.77. The zero-order valence-electron chi connectivity index (χ0n) is 8.10. The van der Waals surface area contributed by atoms with E-state index in [4.69, 9.17) is 0 Å². The van der Waals surface area contributed by atoms with Gasteiger partial charge in [-0.1, -0.05) is 0 Å². The Kier molecular flexibility index (Phi) is 5.29. The second-order valence-electron chi connectivity index (χ2n) is 2.97. The summed E-state index contributed by atoms with van der Waals surface area (Å²) in [6.07, 6.45) is -17.6. The molecule has 0 bridgehead atoms. The maximum atomic E-state index is 12.6. The van der Waals surface area contributed by atoms with Crippen molar-refractivity contribution >= 4 is 6.47 Å². The van der Waals surface area contributed by atoms with E-state index in [-0.39, 0.29) is 0 Å². The standard InChI is InChI=1S/C7H5F9O2/c8-2(4(10)11)3(9)6(13,14)7(15,16)5(12)18-1-17/h1-5H. The Morgan fingerprint density at radius 3 is 1.67 bits per heavy atom. The van der Waals surface area contributed by atoms with Crippen molar-refractivity contribution < 1.29 is 49.0 Å². The van der Waals surface area contributed by atoms with Crippen molar-refractivity contribution in [3.63, 3.8) is 0 Å². The van der Waals surface area contributed by atoms with Crippen LogP contribution in [0.3, 0.4) is 0 Å². The molecule has 0 N–H and O–H groups in total. The van der Waals surface area contributed by atoms with Gasteiger partial charge in [-0.3, -0.25) is 4.79 Å². The molecule has 0 spiro atoms. The van der Waals surface area contributed by atoms with Crippen LogP contribution in [0.5, 0.6) is 0 Å². The molecule has 108 valence electrons. The van der Waals surface area contributed by atoms with Crippen molar-refractivity contribution in [2.45, 2.75) is 37.0 Å². The van der Waals surface area contributed by atoms with Gasteiger partial charge in [0, 0.05) is 0 Å². The molecule has 0 fully saturated rings. The largest absolute Gasteiger partial charge is 0.426 e. The lowest BCUT2D eigenvalue weighted by molar-refractivity contribution is -0.309. The molecule has 0 radical (unpaired) electrons. The minimum atomic E-state index is -6.13. The van der Waals surface area contributed by atoms with E-state index in [9.17, 15) is 44.3 Å². The molecule has 0 aliphatic carbocycles. The summed E-state index contributed by atoms with van der Waals surface area (Å²) in [5.74, 6) is -12.1. The second kappa shape index (κ2) is 5.65. The lowest BCUT2D eigenvalue weighted by atomic mass is 10.0. The van der Waals surface area contributed by atoms with Gasteiger partial charge in [-0.05, 0) is 0 Å². The molecule has 11 heteroatoms. The molecule has 0 amide bonds. The minimum Gasteiger partial charge on any atom is -0.426 e. The maximum Gasteiger partial charge on any atom is 0.378 e. The Bertz CT molecular complexity index is 282. The van der Waals surface area contributed by atoms with E-state index in [2.05, 4.69) is 4.74 Å². The van der Waals surface area contributed by atoms with Gasteiger partial charge in [-0.2, -0.15) is 22.0 Å². The van der Waals surface area contributed by atoms with E-state index in [1.54, 1.807) is 0 Å². The Morgan fingerprint density at radius 1 is 0.889 bits per heavy atom. The molecule has 0 aromatic heterocycles. The molecule has 0 aromatic rings. The van der Waals surface area contributed by atoms with E-state index < -0.39 is 43.4 Å². The highest BCUT2D eigenvalue weighted by Gasteiger charge is 2.70. The van der Waals surface area contributed by atoms with Crippen molar-refractivity contribution in [3.05, 3.63) is 0 Å². The Labute approximate surface area is 93.7 Å². The van der Waals surface area contributed by atoms with Gasteiger partial charge in [0.25, 0.3) is 12.9 Å². The van der Waals surface area contributed by atoms with Gasteiger partial charge in [-0.25, -0.2) is 17.6 Å². The lowest BCUT2D eigenvalue weighted by Crippen LogP contribution is -2.57. The maximum absolute atomic E-state index is 12.6. The number of carbonyl (C=O) groups is 1. The predicted octanol–water partition coefficient (Wildman–Crippen LogP) is 2.67. The summed E-state index contributed by atoms with van der Waals surface area (Å²) in [5.41, 5.74) is 0. The molecule has 3 unspecified atom stereocenters. The topological polar surface area (TPSA) is 26.3 Å². The fraction of sp³-hybridized carbons (Fsp3) is 0.857. The van der Waals surface area contributed by atoms with Gasteiger partial charge in [0.15, 0.2) is 6.17 Å². The number of ether oxygens (including phenoxy) is 1. The molecule has 0 heterocycles. The average Bonchev–Trinajstić information content (AvgIpc) is 2.26. The molecule has 3 atom stereocenters. The summed E-state index contributed by atoms with van der Waals surface area (Å²) in [6, 6.07) is 0. The fourth-order valence-electron chi connectivity index (χ4n) is 0.797. The predicted molar refractivity (Wildman–Crippen MR) is 37.7 cm³/mol. The monoisotopic (exact) mass is 292 g/mol. The zero-order chi connectivity index (χ0) is 14.7. The summed E-state index contributed by atoms with van der Waals surface area (Å²) in [5, 5.41) is 0. The highest BCUT2D eigenvalue weighted by atomic mass is 19.3. The third-order valence-corrected chi connectivity index (χ3v) is 1.77. The van der Waals surface area contributed by atoms with E-state index in [1.165, 1.54) is 0 Å². The van der Waals surface area contributed by atoms with Crippen LogP contribution in [-0.4, -0.2) is 43.4 Å². The molecule has 0 saturated carbocycles. The molecule has 0 rings (SSSR count). The van der Waals surface area contributed by atoms with Gasteiger partial charge in [0.2, 0.25) is 6.17 Å². The van der Waals surface area contributed by atoms with E-state index in [0.29, 0.717) is 0 Å². The number of halogens is 9. The molecule has 18 heavy (non-hydrogen) atoms.